The largest absolute Gasteiger partial charge is 0.331 e. The molecule has 0 spiro atoms. The first-order valence-corrected chi connectivity index (χ1v) is 11.2. The summed E-state index contributed by atoms with van der Waals surface area (Å²) >= 11 is 0. The van der Waals surface area contributed by atoms with Crippen molar-refractivity contribution in [2.75, 3.05) is 12.8 Å². The SMILES string of the molecule is CC1(C)CN(S(=O)(=O)N=S(C)(=O)c2ccccc2)C1c1ccncc1. The molecule has 1 aromatic carbocycles. The number of hydrogen-bond acceptors (Lipinski definition) is 4. The summed E-state index contributed by atoms with van der Waals surface area (Å²) in [5, 5.41) is 0. The zero-order valence-corrected chi connectivity index (χ0v) is 16.0. The summed E-state index contributed by atoms with van der Waals surface area (Å²) in [4.78, 5) is 4.38. The molecule has 2 heterocycles. The molecule has 25 heavy (non-hydrogen) atoms. The van der Waals surface area contributed by atoms with Gasteiger partial charge in [0.05, 0.1) is 15.8 Å². The van der Waals surface area contributed by atoms with Crippen molar-refractivity contribution in [2.24, 2.45) is 9.18 Å². The smallest absolute Gasteiger partial charge is 0.265 e. The zero-order chi connectivity index (χ0) is 18.3. The zero-order valence-electron chi connectivity index (χ0n) is 14.4. The van der Waals surface area contributed by atoms with E-state index >= 15 is 0 Å². The molecule has 0 N–H and O–H groups in total. The van der Waals surface area contributed by atoms with Crippen LogP contribution < -0.4 is 0 Å². The summed E-state index contributed by atoms with van der Waals surface area (Å²) in [6.45, 7) is 4.34. The van der Waals surface area contributed by atoms with E-state index in [9.17, 15) is 12.6 Å². The van der Waals surface area contributed by atoms with Crippen molar-refractivity contribution in [3.63, 3.8) is 0 Å². The lowest BCUT2D eigenvalue weighted by Gasteiger charge is -2.52. The average molecular weight is 380 g/mol. The van der Waals surface area contributed by atoms with E-state index in [1.165, 1.54) is 10.6 Å². The molecule has 8 heteroatoms. The van der Waals surface area contributed by atoms with Gasteiger partial charge in [0.25, 0.3) is 0 Å². The number of pyridine rings is 1. The molecule has 1 aromatic heterocycles. The highest BCUT2D eigenvalue weighted by atomic mass is 32.3. The van der Waals surface area contributed by atoms with Crippen LogP contribution in [-0.2, 0) is 19.9 Å². The standard InChI is InChI=1S/C17H21N3O3S2/c1-17(2)13-20(16(17)14-9-11-18-12-10-14)25(22,23)19-24(3,21)15-7-5-4-6-8-15/h4-12,16H,13H2,1-3H3. The van der Waals surface area contributed by atoms with Gasteiger partial charge < -0.3 is 0 Å². The van der Waals surface area contributed by atoms with Gasteiger partial charge in [-0.15, -0.1) is 0 Å². The van der Waals surface area contributed by atoms with Gasteiger partial charge in [0.15, 0.2) is 0 Å². The highest BCUT2D eigenvalue weighted by molar-refractivity contribution is 8.02. The Kier molecular flexibility index (Phi) is 4.47. The van der Waals surface area contributed by atoms with E-state index in [1.807, 2.05) is 13.8 Å². The number of rotatable bonds is 4. The highest BCUT2D eigenvalue weighted by Crippen LogP contribution is 2.50. The quantitative estimate of drug-likeness (QED) is 0.818. The Labute approximate surface area is 149 Å². The van der Waals surface area contributed by atoms with Crippen LogP contribution in [0.25, 0.3) is 0 Å². The van der Waals surface area contributed by atoms with Crippen molar-refractivity contribution >= 4 is 19.9 Å². The minimum absolute atomic E-state index is 0.231. The second-order valence-corrected chi connectivity index (χ2v) is 10.9. The Morgan fingerprint density at radius 2 is 1.68 bits per heavy atom. The lowest BCUT2D eigenvalue weighted by Crippen LogP contribution is -2.57. The molecule has 0 aliphatic carbocycles. The van der Waals surface area contributed by atoms with Gasteiger partial charge >= 0.3 is 10.2 Å². The second kappa shape index (κ2) is 6.19. The van der Waals surface area contributed by atoms with Gasteiger partial charge in [-0.25, -0.2) is 4.21 Å². The number of hydrogen-bond donors (Lipinski definition) is 0. The fourth-order valence-corrected chi connectivity index (χ4v) is 7.13. The first kappa shape index (κ1) is 18.0. The van der Waals surface area contributed by atoms with E-state index in [0.717, 1.165) is 5.56 Å². The molecule has 6 nitrogen and oxygen atoms in total. The first-order chi connectivity index (χ1) is 11.6. The lowest BCUT2D eigenvalue weighted by molar-refractivity contribution is 0.0199. The number of nitrogens with zero attached hydrogens (tertiary/aromatic N) is 3. The van der Waals surface area contributed by atoms with Crippen molar-refractivity contribution < 1.29 is 12.6 Å². The molecule has 1 saturated heterocycles. The van der Waals surface area contributed by atoms with Gasteiger partial charge in [-0.1, -0.05) is 35.8 Å². The van der Waals surface area contributed by atoms with E-state index in [4.69, 9.17) is 0 Å². The van der Waals surface area contributed by atoms with Gasteiger partial charge in [0.2, 0.25) is 0 Å². The predicted octanol–water partition coefficient (Wildman–Crippen LogP) is 2.87. The Balaban J connectivity index is 2.01. The average Bonchev–Trinajstić information content (AvgIpc) is 2.54. The van der Waals surface area contributed by atoms with Crippen molar-refractivity contribution in [3.05, 3.63) is 60.4 Å². The van der Waals surface area contributed by atoms with E-state index in [0.29, 0.717) is 11.4 Å². The van der Waals surface area contributed by atoms with E-state index in [2.05, 4.69) is 8.75 Å². The van der Waals surface area contributed by atoms with Crippen LogP contribution >= 0.6 is 0 Å². The van der Waals surface area contributed by atoms with Gasteiger partial charge in [0.1, 0.15) is 0 Å². The molecule has 0 radical (unpaired) electrons. The topological polar surface area (TPSA) is 79.7 Å². The molecule has 0 saturated carbocycles. The third kappa shape index (κ3) is 3.47. The monoisotopic (exact) mass is 379 g/mol. The second-order valence-electron chi connectivity index (χ2n) is 6.88. The van der Waals surface area contributed by atoms with E-state index in [-0.39, 0.29) is 11.5 Å². The van der Waals surface area contributed by atoms with E-state index < -0.39 is 19.9 Å². The maximum absolute atomic E-state index is 12.9. The van der Waals surface area contributed by atoms with Crippen LogP contribution in [0.4, 0.5) is 0 Å². The molecule has 3 rings (SSSR count). The summed E-state index contributed by atoms with van der Waals surface area (Å²) in [6, 6.07) is 11.7. The van der Waals surface area contributed by atoms with Crippen LogP contribution in [0.1, 0.15) is 25.5 Å². The van der Waals surface area contributed by atoms with Crippen LogP contribution in [0.15, 0.2) is 63.5 Å². The molecule has 2 aromatic rings. The van der Waals surface area contributed by atoms with Crippen LogP contribution in [0.3, 0.4) is 0 Å². The maximum Gasteiger partial charge on any atom is 0.331 e. The summed E-state index contributed by atoms with van der Waals surface area (Å²) < 4.78 is 43.6. The maximum atomic E-state index is 12.9. The molecule has 134 valence electrons. The third-order valence-corrected chi connectivity index (χ3v) is 8.30. The molecule has 0 bridgehead atoms. The summed E-state index contributed by atoms with van der Waals surface area (Å²) in [7, 11) is -7.08. The molecule has 1 aliphatic heterocycles. The Hall–Kier alpha value is -1.77. The van der Waals surface area contributed by atoms with Crippen molar-refractivity contribution in [2.45, 2.75) is 24.8 Å². The van der Waals surface area contributed by atoms with Gasteiger partial charge in [-0.3, -0.25) is 4.98 Å². The fraction of sp³-hybridized carbons (Fsp3) is 0.353. The molecule has 0 amide bonds. The summed E-state index contributed by atoms with van der Waals surface area (Å²) in [6.07, 6.45) is 4.63. The summed E-state index contributed by atoms with van der Waals surface area (Å²) in [5.41, 5.74) is 0.623. The minimum atomic E-state index is -4.04. The first-order valence-electron chi connectivity index (χ1n) is 7.84. The highest BCUT2D eigenvalue weighted by Gasteiger charge is 2.52. The minimum Gasteiger partial charge on any atom is -0.265 e. The Morgan fingerprint density at radius 1 is 1.08 bits per heavy atom. The van der Waals surface area contributed by atoms with E-state index in [1.54, 1.807) is 54.9 Å². The van der Waals surface area contributed by atoms with Gasteiger partial charge in [-0.2, -0.15) is 12.7 Å². The molecule has 1 fully saturated rings. The molecule has 1 aliphatic rings. The van der Waals surface area contributed by atoms with Crippen LogP contribution in [0.5, 0.6) is 0 Å². The van der Waals surface area contributed by atoms with Crippen LogP contribution in [0, 0.1) is 5.41 Å². The van der Waals surface area contributed by atoms with Crippen molar-refractivity contribution in [1.29, 1.82) is 0 Å². The van der Waals surface area contributed by atoms with Crippen molar-refractivity contribution in [3.8, 4) is 0 Å². The van der Waals surface area contributed by atoms with Gasteiger partial charge in [0, 0.05) is 30.1 Å². The normalized spacial score (nSPS) is 22.6. The van der Waals surface area contributed by atoms with Crippen LogP contribution in [0.2, 0.25) is 0 Å². The predicted molar refractivity (Wildman–Crippen MR) is 97.6 cm³/mol. The molecular weight excluding hydrogens is 358 g/mol. The fourth-order valence-electron chi connectivity index (χ4n) is 3.17. The molecule has 2 unspecified atom stereocenters. The number of benzene rings is 1. The Bertz CT molecular complexity index is 980. The lowest BCUT2D eigenvalue weighted by atomic mass is 9.74. The third-order valence-electron chi connectivity index (χ3n) is 4.33. The molecule has 2 atom stereocenters. The summed E-state index contributed by atoms with van der Waals surface area (Å²) in [5.74, 6) is 0. The van der Waals surface area contributed by atoms with Crippen LogP contribution in [-0.4, -0.2) is 34.7 Å². The number of aromatic nitrogens is 1. The van der Waals surface area contributed by atoms with Crippen molar-refractivity contribution in [1.82, 2.24) is 9.29 Å². The van der Waals surface area contributed by atoms with Gasteiger partial charge in [-0.05, 0) is 35.2 Å². The molecular formula is C17H21N3O3S2. The Morgan fingerprint density at radius 3 is 2.24 bits per heavy atom.